The van der Waals surface area contributed by atoms with E-state index in [1.54, 1.807) is 23.6 Å². The maximum Gasteiger partial charge on any atom is 0.338 e. The molecule has 0 amide bonds. The van der Waals surface area contributed by atoms with E-state index in [2.05, 4.69) is 17.2 Å². The van der Waals surface area contributed by atoms with Crippen LogP contribution in [-0.2, 0) is 16.1 Å². The first kappa shape index (κ1) is 26.6. The summed E-state index contributed by atoms with van der Waals surface area (Å²) in [5, 5.41) is 8.70. The number of carbonyl (C=O) groups is 1. The minimum Gasteiger partial charge on any atom is -0.493 e. The second-order valence-electron chi connectivity index (χ2n) is 8.75. The van der Waals surface area contributed by atoms with Gasteiger partial charge in [0.1, 0.15) is 12.6 Å². The molecular weight excluding hydrogens is 488 g/mol. The molecule has 9 heteroatoms. The van der Waals surface area contributed by atoms with E-state index in [-0.39, 0.29) is 5.97 Å². The van der Waals surface area contributed by atoms with Crippen molar-refractivity contribution in [3.8, 4) is 11.5 Å². The maximum atomic E-state index is 13.2. The highest BCUT2D eigenvalue weighted by Crippen LogP contribution is 2.40. The molecule has 0 saturated carbocycles. The Hall–Kier alpha value is -3.46. The SMILES string of the molecule is CCCCSc1nc2n(n1)C(c1ccc(OCc3ccccc3)c(OC)c1)C(C(=O)OCCC)=C(C)N2. The summed E-state index contributed by atoms with van der Waals surface area (Å²) < 4.78 is 19.1. The first-order chi connectivity index (χ1) is 18.0. The fourth-order valence-corrected chi connectivity index (χ4v) is 4.97. The number of thioether (sulfide) groups is 1. The molecule has 0 spiro atoms. The van der Waals surface area contributed by atoms with E-state index in [1.165, 1.54) is 0 Å². The number of aromatic nitrogens is 3. The number of hydrogen-bond acceptors (Lipinski definition) is 8. The third kappa shape index (κ3) is 6.28. The van der Waals surface area contributed by atoms with Crippen molar-refractivity contribution in [1.29, 1.82) is 0 Å². The topological polar surface area (TPSA) is 87.5 Å². The number of fused-ring (bicyclic) bond motifs is 1. The van der Waals surface area contributed by atoms with Gasteiger partial charge in [-0.3, -0.25) is 0 Å². The molecule has 3 aromatic rings. The Balaban J connectivity index is 1.69. The van der Waals surface area contributed by atoms with Crippen molar-refractivity contribution in [2.45, 2.75) is 57.8 Å². The van der Waals surface area contributed by atoms with Crippen LogP contribution < -0.4 is 14.8 Å². The van der Waals surface area contributed by atoms with Gasteiger partial charge in [0, 0.05) is 11.4 Å². The van der Waals surface area contributed by atoms with E-state index >= 15 is 0 Å². The predicted octanol–water partition coefficient (Wildman–Crippen LogP) is 6.00. The molecule has 1 aromatic heterocycles. The number of ether oxygens (including phenoxy) is 3. The Morgan fingerprint density at radius 2 is 1.92 bits per heavy atom. The van der Waals surface area contributed by atoms with E-state index < -0.39 is 6.04 Å². The van der Waals surface area contributed by atoms with E-state index in [0.29, 0.717) is 47.1 Å². The standard InChI is InChI=1S/C28H34N4O4S/c1-5-7-16-37-28-30-27-29-19(3)24(26(33)35-15-6-2)25(32(27)31-28)21-13-14-22(23(17-21)34-4)36-18-20-11-9-8-10-12-20/h8-14,17,25H,5-7,15-16,18H2,1-4H3,(H,29,30,31). The number of anilines is 1. The van der Waals surface area contributed by atoms with Crippen LogP contribution in [0.2, 0.25) is 0 Å². The van der Waals surface area contributed by atoms with Crippen molar-refractivity contribution in [2.75, 3.05) is 24.8 Å². The molecule has 1 atom stereocenters. The number of esters is 1. The van der Waals surface area contributed by atoms with Gasteiger partial charge in [-0.1, -0.05) is 68.4 Å². The number of rotatable bonds is 12. The summed E-state index contributed by atoms with van der Waals surface area (Å²) in [6.07, 6.45) is 2.93. The number of unbranched alkanes of at least 4 members (excludes halogenated alkanes) is 1. The monoisotopic (exact) mass is 522 g/mol. The average molecular weight is 523 g/mol. The van der Waals surface area contributed by atoms with Crippen molar-refractivity contribution in [1.82, 2.24) is 14.8 Å². The molecule has 0 aliphatic carbocycles. The molecule has 1 unspecified atom stereocenters. The Labute approximate surface area is 222 Å². The molecule has 4 rings (SSSR count). The van der Waals surface area contributed by atoms with Crippen molar-refractivity contribution >= 4 is 23.7 Å². The molecular formula is C28H34N4O4S. The van der Waals surface area contributed by atoms with Gasteiger partial charge >= 0.3 is 5.97 Å². The number of hydrogen-bond donors (Lipinski definition) is 1. The summed E-state index contributed by atoms with van der Waals surface area (Å²) in [7, 11) is 1.61. The van der Waals surface area contributed by atoms with E-state index in [9.17, 15) is 4.79 Å². The van der Waals surface area contributed by atoms with Crippen LogP contribution in [0.5, 0.6) is 11.5 Å². The highest BCUT2D eigenvalue weighted by Gasteiger charge is 2.35. The van der Waals surface area contributed by atoms with Gasteiger partial charge in [-0.15, -0.1) is 5.10 Å². The van der Waals surface area contributed by atoms with Crippen LogP contribution in [0.1, 0.15) is 57.2 Å². The molecule has 0 fully saturated rings. The minimum absolute atomic E-state index is 0.347. The number of allylic oxidation sites excluding steroid dienone is 1. The van der Waals surface area contributed by atoms with Crippen LogP contribution in [0.3, 0.4) is 0 Å². The Morgan fingerprint density at radius 1 is 1.11 bits per heavy atom. The summed E-state index contributed by atoms with van der Waals surface area (Å²) in [5.41, 5.74) is 3.08. The number of nitrogens with one attached hydrogen (secondary N) is 1. The van der Waals surface area contributed by atoms with E-state index in [4.69, 9.17) is 19.3 Å². The Kier molecular flexibility index (Phi) is 9.11. The fraction of sp³-hybridized carbons (Fsp3) is 0.393. The third-order valence-electron chi connectivity index (χ3n) is 5.96. The van der Waals surface area contributed by atoms with E-state index in [0.717, 1.165) is 36.1 Å². The summed E-state index contributed by atoms with van der Waals surface area (Å²) in [4.78, 5) is 17.9. The molecule has 196 valence electrons. The number of nitrogens with zero attached hydrogens (tertiary/aromatic N) is 3. The average Bonchev–Trinajstić information content (AvgIpc) is 3.32. The second kappa shape index (κ2) is 12.7. The number of carbonyl (C=O) groups excluding carboxylic acids is 1. The van der Waals surface area contributed by atoms with Crippen LogP contribution >= 0.6 is 11.8 Å². The first-order valence-electron chi connectivity index (χ1n) is 12.6. The van der Waals surface area contributed by atoms with Gasteiger partial charge in [0.15, 0.2) is 11.5 Å². The molecule has 1 aliphatic heterocycles. The highest BCUT2D eigenvalue weighted by molar-refractivity contribution is 7.99. The van der Waals surface area contributed by atoms with Crippen LogP contribution in [0.25, 0.3) is 0 Å². The quantitative estimate of drug-likeness (QED) is 0.176. The number of benzene rings is 2. The molecule has 0 radical (unpaired) electrons. The maximum absolute atomic E-state index is 13.2. The summed E-state index contributed by atoms with van der Waals surface area (Å²) in [5.74, 6) is 2.35. The van der Waals surface area contributed by atoms with Crippen molar-refractivity contribution < 1.29 is 19.0 Å². The van der Waals surface area contributed by atoms with Crippen LogP contribution in [0, 0.1) is 0 Å². The lowest BCUT2D eigenvalue weighted by atomic mass is 9.95. The zero-order valence-corrected chi connectivity index (χ0v) is 22.6. The lowest BCUT2D eigenvalue weighted by Crippen LogP contribution is -2.29. The molecule has 1 aliphatic rings. The second-order valence-corrected chi connectivity index (χ2v) is 9.81. The molecule has 8 nitrogen and oxygen atoms in total. The molecule has 37 heavy (non-hydrogen) atoms. The van der Waals surface area contributed by atoms with Crippen LogP contribution in [0.15, 0.2) is 65.0 Å². The highest BCUT2D eigenvalue weighted by atomic mass is 32.2. The number of methoxy groups -OCH3 is 1. The van der Waals surface area contributed by atoms with Gasteiger partial charge in [0.05, 0.1) is 19.3 Å². The van der Waals surface area contributed by atoms with Crippen LogP contribution in [-0.4, -0.2) is 40.2 Å². The summed E-state index contributed by atoms with van der Waals surface area (Å²) >= 11 is 1.61. The van der Waals surface area contributed by atoms with Crippen molar-refractivity contribution in [2.24, 2.45) is 0 Å². The van der Waals surface area contributed by atoms with Crippen molar-refractivity contribution in [3.05, 3.63) is 70.9 Å². The molecule has 1 N–H and O–H groups in total. The van der Waals surface area contributed by atoms with Gasteiger partial charge < -0.3 is 19.5 Å². The minimum atomic E-state index is -0.522. The van der Waals surface area contributed by atoms with Crippen LogP contribution in [0.4, 0.5) is 5.95 Å². The van der Waals surface area contributed by atoms with Gasteiger partial charge in [0.25, 0.3) is 0 Å². The lowest BCUT2D eigenvalue weighted by molar-refractivity contribution is -0.139. The third-order valence-corrected chi connectivity index (χ3v) is 6.88. The van der Waals surface area contributed by atoms with E-state index in [1.807, 2.05) is 62.4 Å². The molecule has 0 bridgehead atoms. The smallest absolute Gasteiger partial charge is 0.338 e. The predicted molar refractivity (Wildman–Crippen MR) is 145 cm³/mol. The molecule has 2 heterocycles. The fourth-order valence-electron chi connectivity index (χ4n) is 4.05. The summed E-state index contributed by atoms with van der Waals surface area (Å²) in [6.45, 7) is 6.76. The van der Waals surface area contributed by atoms with Gasteiger partial charge in [-0.25, -0.2) is 9.48 Å². The van der Waals surface area contributed by atoms with Gasteiger partial charge in [-0.2, -0.15) is 4.98 Å². The largest absolute Gasteiger partial charge is 0.493 e. The van der Waals surface area contributed by atoms with Gasteiger partial charge in [0.2, 0.25) is 11.1 Å². The van der Waals surface area contributed by atoms with Crippen molar-refractivity contribution in [3.63, 3.8) is 0 Å². The molecule has 2 aromatic carbocycles. The molecule has 0 saturated heterocycles. The summed E-state index contributed by atoms with van der Waals surface area (Å²) in [6, 6.07) is 15.1. The van der Waals surface area contributed by atoms with Gasteiger partial charge in [-0.05, 0) is 43.0 Å². The zero-order valence-electron chi connectivity index (χ0n) is 21.8. The Bertz CT molecular complexity index is 1240. The Morgan fingerprint density at radius 3 is 2.65 bits per heavy atom. The zero-order chi connectivity index (χ0) is 26.2. The lowest BCUT2D eigenvalue weighted by Gasteiger charge is -2.28. The first-order valence-corrected chi connectivity index (χ1v) is 13.6. The normalized spacial score (nSPS) is 14.6.